The largest absolute Gasteiger partial charge is 0.387 e. The van der Waals surface area contributed by atoms with Crippen LogP contribution in [0, 0.1) is 0 Å². The Labute approximate surface area is 129 Å². The molecule has 1 aromatic carbocycles. The van der Waals surface area contributed by atoms with E-state index in [1.807, 2.05) is 30.3 Å². The van der Waals surface area contributed by atoms with E-state index in [4.69, 9.17) is 0 Å². The molecule has 0 amide bonds. The average molecular weight is 319 g/mol. The summed E-state index contributed by atoms with van der Waals surface area (Å²) >= 11 is 0. The van der Waals surface area contributed by atoms with Crippen LogP contribution < -0.4 is 5.32 Å². The summed E-state index contributed by atoms with van der Waals surface area (Å²) in [5.74, 6) is 0.401. The number of benzene rings is 1. The molecule has 1 atom stereocenters. The third kappa shape index (κ3) is 3.26. The van der Waals surface area contributed by atoms with Gasteiger partial charge in [-0.15, -0.1) is 0 Å². The molecule has 1 unspecified atom stereocenters. The maximum absolute atomic E-state index is 11.5. The summed E-state index contributed by atoms with van der Waals surface area (Å²) in [6, 6.07) is 9.65. The van der Waals surface area contributed by atoms with Crippen LogP contribution >= 0.6 is 0 Å². The van der Waals surface area contributed by atoms with Gasteiger partial charge >= 0.3 is 0 Å². The number of nitrogens with one attached hydrogen (secondary N) is 1. The monoisotopic (exact) mass is 319 g/mol. The second kappa shape index (κ2) is 5.66. The topological polar surface area (TPSA) is 92.2 Å². The van der Waals surface area contributed by atoms with Gasteiger partial charge < -0.3 is 10.4 Å². The lowest BCUT2D eigenvalue weighted by atomic mass is 10.0. The molecule has 1 aliphatic heterocycles. The van der Waals surface area contributed by atoms with Gasteiger partial charge in [0.05, 0.1) is 17.1 Å². The van der Waals surface area contributed by atoms with Crippen LogP contribution in [0.2, 0.25) is 0 Å². The van der Waals surface area contributed by atoms with Crippen LogP contribution in [0.25, 0.3) is 11.1 Å². The van der Waals surface area contributed by atoms with Crippen LogP contribution in [0.4, 0.5) is 5.82 Å². The molecule has 0 spiro atoms. The molecule has 2 heterocycles. The molecule has 116 valence electrons. The van der Waals surface area contributed by atoms with Crippen molar-refractivity contribution < 1.29 is 13.5 Å². The Morgan fingerprint density at radius 3 is 2.73 bits per heavy atom. The number of rotatable bonds is 4. The van der Waals surface area contributed by atoms with Crippen molar-refractivity contribution in [2.75, 3.05) is 23.4 Å². The van der Waals surface area contributed by atoms with Crippen molar-refractivity contribution in [1.29, 1.82) is 0 Å². The summed E-state index contributed by atoms with van der Waals surface area (Å²) in [4.78, 5) is 8.23. The molecular weight excluding hydrogens is 302 g/mol. The maximum Gasteiger partial charge on any atom is 0.153 e. The van der Waals surface area contributed by atoms with Crippen molar-refractivity contribution in [2.45, 2.75) is 12.0 Å². The molecule has 3 rings (SSSR count). The Morgan fingerprint density at radius 1 is 1.27 bits per heavy atom. The molecule has 7 heteroatoms. The van der Waals surface area contributed by atoms with Gasteiger partial charge in [0.25, 0.3) is 0 Å². The zero-order valence-corrected chi connectivity index (χ0v) is 12.8. The molecule has 0 aliphatic carbocycles. The van der Waals surface area contributed by atoms with Crippen LogP contribution in [0.1, 0.15) is 6.42 Å². The van der Waals surface area contributed by atoms with Gasteiger partial charge in [-0.3, -0.25) is 0 Å². The summed E-state index contributed by atoms with van der Waals surface area (Å²) in [5.41, 5.74) is 0.529. The minimum absolute atomic E-state index is 0.0283. The molecule has 0 radical (unpaired) electrons. The lowest BCUT2D eigenvalue weighted by Gasteiger charge is -2.22. The van der Waals surface area contributed by atoms with E-state index in [2.05, 4.69) is 15.3 Å². The van der Waals surface area contributed by atoms with Gasteiger partial charge in [-0.05, 0) is 12.0 Å². The summed E-state index contributed by atoms with van der Waals surface area (Å²) in [6.07, 6.45) is 3.36. The predicted octanol–water partition coefficient (Wildman–Crippen LogP) is 1.11. The van der Waals surface area contributed by atoms with Crippen molar-refractivity contribution in [3.05, 3.63) is 42.9 Å². The number of anilines is 1. The standard InChI is InChI=1S/C15H17N3O3S/c19-15(6-7-22(20,21)10-15)9-17-14-13(8-16-11-18-14)12-4-2-1-3-5-12/h1-5,8,11,19H,6-7,9-10H2,(H,16,17,18). The molecule has 2 aromatic rings. The fraction of sp³-hybridized carbons (Fsp3) is 0.333. The molecule has 0 saturated carbocycles. The molecule has 1 aromatic heterocycles. The first kappa shape index (κ1) is 14.9. The highest BCUT2D eigenvalue weighted by Gasteiger charge is 2.40. The van der Waals surface area contributed by atoms with Gasteiger partial charge in [0.15, 0.2) is 9.84 Å². The third-order valence-electron chi connectivity index (χ3n) is 3.75. The van der Waals surface area contributed by atoms with E-state index in [0.29, 0.717) is 5.82 Å². The van der Waals surface area contributed by atoms with Crippen molar-refractivity contribution in [3.63, 3.8) is 0 Å². The molecule has 1 fully saturated rings. The first-order valence-corrected chi connectivity index (χ1v) is 8.82. The quantitative estimate of drug-likeness (QED) is 0.877. The van der Waals surface area contributed by atoms with Crippen LogP contribution in [0.3, 0.4) is 0 Å². The highest BCUT2D eigenvalue weighted by molar-refractivity contribution is 7.91. The lowest BCUT2D eigenvalue weighted by Crippen LogP contribution is -2.38. The highest BCUT2D eigenvalue weighted by Crippen LogP contribution is 2.27. The van der Waals surface area contributed by atoms with Crippen LogP contribution in [-0.4, -0.2) is 47.1 Å². The second-order valence-electron chi connectivity index (χ2n) is 5.57. The lowest BCUT2D eigenvalue weighted by molar-refractivity contribution is 0.0814. The Balaban J connectivity index is 1.80. The molecule has 0 bridgehead atoms. The molecule has 2 N–H and O–H groups in total. The highest BCUT2D eigenvalue weighted by atomic mass is 32.2. The van der Waals surface area contributed by atoms with E-state index in [0.717, 1.165) is 11.1 Å². The fourth-order valence-electron chi connectivity index (χ4n) is 2.59. The minimum atomic E-state index is -3.14. The van der Waals surface area contributed by atoms with Crippen molar-refractivity contribution in [2.24, 2.45) is 0 Å². The van der Waals surface area contributed by atoms with Gasteiger partial charge in [-0.2, -0.15) is 0 Å². The summed E-state index contributed by atoms with van der Waals surface area (Å²) < 4.78 is 23.1. The van der Waals surface area contributed by atoms with Crippen molar-refractivity contribution in [3.8, 4) is 11.1 Å². The van der Waals surface area contributed by atoms with Crippen LogP contribution in [-0.2, 0) is 9.84 Å². The number of hydrogen-bond donors (Lipinski definition) is 2. The molecule has 6 nitrogen and oxygen atoms in total. The predicted molar refractivity (Wildman–Crippen MR) is 84.2 cm³/mol. The van der Waals surface area contributed by atoms with Crippen LogP contribution in [0.5, 0.6) is 0 Å². The second-order valence-corrected chi connectivity index (χ2v) is 7.76. The third-order valence-corrected chi connectivity index (χ3v) is 5.55. The van der Waals surface area contributed by atoms with Crippen LogP contribution in [0.15, 0.2) is 42.9 Å². The van der Waals surface area contributed by atoms with Crippen molar-refractivity contribution in [1.82, 2.24) is 9.97 Å². The van der Waals surface area contributed by atoms with Gasteiger partial charge in [-0.25, -0.2) is 18.4 Å². The smallest absolute Gasteiger partial charge is 0.153 e. The van der Waals surface area contributed by atoms with E-state index in [1.54, 1.807) is 6.20 Å². The first-order chi connectivity index (χ1) is 10.5. The fourth-order valence-corrected chi connectivity index (χ4v) is 4.49. The number of sulfone groups is 1. The average Bonchev–Trinajstić information content (AvgIpc) is 2.81. The number of hydrogen-bond acceptors (Lipinski definition) is 6. The van der Waals surface area contributed by atoms with Crippen molar-refractivity contribution >= 4 is 15.7 Å². The zero-order chi connectivity index (χ0) is 15.6. The Morgan fingerprint density at radius 2 is 2.05 bits per heavy atom. The van der Waals surface area contributed by atoms with E-state index < -0.39 is 15.4 Å². The number of aromatic nitrogens is 2. The SMILES string of the molecule is O=S1(=O)CCC(O)(CNc2ncncc2-c2ccccc2)C1. The molecule has 22 heavy (non-hydrogen) atoms. The van der Waals surface area contributed by atoms with E-state index >= 15 is 0 Å². The molecule has 1 aliphatic rings. The summed E-state index contributed by atoms with van der Waals surface area (Å²) in [5, 5.41) is 13.4. The van der Waals surface area contributed by atoms with Gasteiger partial charge in [0.1, 0.15) is 12.1 Å². The minimum Gasteiger partial charge on any atom is -0.387 e. The van der Waals surface area contributed by atoms with Gasteiger partial charge in [0.2, 0.25) is 0 Å². The molecular formula is C15H17N3O3S. The maximum atomic E-state index is 11.5. The van der Waals surface area contributed by atoms with E-state index in [1.165, 1.54) is 6.33 Å². The molecule has 1 saturated heterocycles. The normalized spacial score (nSPS) is 23.3. The number of aliphatic hydroxyl groups is 1. The zero-order valence-electron chi connectivity index (χ0n) is 11.9. The van der Waals surface area contributed by atoms with E-state index in [-0.39, 0.29) is 24.5 Å². The summed E-state index contributed by atoms with van der Waals surface area (Å²) in [6.45, 7) is 0.142. The summed E-state index contributed by atoms with van der Waals surface area (Å²) in [7, 11) is -3.14. The Bertz CT molecular complexity index is 765. The Kier molecular flexibility index (Phi) is 3.84. The first-order valence-electron chi connectivity index (χ1n) is 7.00. The van der Waals surface area contributed by atoms with E-state index in [9.17, 15) is 13.5 Å². The van der Waals surface area contributed by atoms with Gasteiger partial charge in [-0.1, -0.05) is 30.3 Å². The Hall–Kier alpha value is -1.99. The van der Waals surface area contributed by atoms with Gasteiger partial charge in [0, 0.05) is 18.3 Å². The number of nitrogens with zero attached hydrogens (tertiary/aromatic N) is 2.